The van der Waals surface area contributed by atoms with Crippen molar-refractivity contribution in [3.05, 3.63) is 68.8 Å². The van der Waals surface area contributed by atoms with Crippen LogP contribution >= 0.6 is 0 Å². The standard InChI is InChI=1S/C21H22N2/c1-5-18-10-16(7-14(3)20(18)12-22)9-17-8-15(4)21(13-23)19(6-2)11-17/h7-8,10-11H,5-6,9H2,1-4H3. The summed E-state index contributed by atoms with van der Waals surface area (Å²) in [7, 11) is 0. The molecule has 0 saturated heterocycles. The predicted octanol–water partition coefficient (Wildman–Crippen LogP) is 4.76. The maximum atomic E-state index is 9.29. The molecule has 0 saturated carbocycles. The Kier molecular flexibility index (Phi) is 5.20. The third kappa shape index (κ3) is 3.43. The molecule has 2 aromatic carbocycles. The van der Waals surface area contributed by atoms with E-state index in [1.807, 2.05) is 13.8 Å². The van der Waals surface area contributed by atoms with Crippen LogP contribution in [0.4, 0.5) is 0 Å². The SMILES string of the molecule is CCc1cc(Cc2cc(C)c(C#N)c(CC)c2)cc(C)c1C#N. The molecule has 0 unspecified atom stereocenters. The van der Waals surface area contributed by atoms with Gasteiger partial charge in [0.15, 0.2) is 0 Å². The van der Waals surface area contributed by atoms with E-state index in [-0.39, 0.29) is 0 Å². The molecule has 0 amide bonds. The van der Waals surface area contributed by atoms with Gasteiger partial charge in [-0.15, -0.1) is 0 Å². The van der Waals surface area contributed by atoms with E-state index in [9.17, 15) is 10.5 Å². The molecular weight excluding hydrogens is 280 g/mol. The Morgan fingerprint density at radius 1 is 0.739 bits per heavy atom. The number of aryl methyl sites for hydroxylation is 4. The largest absolute Gasteiger partial charge is 0.192 e. The van der Waals surface area contributed by atoms with Crippen LogP contribution in [0.15, 0.2) is 24.3 Å². The fraction of sp³-hybridized carbons (Fsp3) is 0.333. The molecule has 0 N–H and O–H groups in total. The molecule has 0 fully saturated rings. The lowest BCUT2D eigenvalue weighted by Gasteiger charge is -2.12. The normalized spacial score (nSPS) is 10.2. The predicted molar refractivity (Wildman–Crippen MR) is 93.4 cm³/mol. The van der Waals surface area contributed by atoms with Crippen molar-refractivity contribution >= 4 is 0 Å². The van der Waals surface area contributed by atoms with Gasteiger partial charge in [0.05, 0.1) is 23.3 Å². The molecule has 116 valence electrons. The van der Waals surface area contributed by atoms with E-state index in [2.05, 4.69) is 50.3 Å². The van der Waals surface area contributed by atoms with Crippen molar-refractivity contribution in [2.75, 3.05) is 0 Å². The molecule has 0 aromatic heterocycles. The molecule has 0 bridgehead atoms. The van der Waals surface area contributed by atoms with Gasteiger partial charge in [-0.25, -0.2) is 0 Å². The average molecular weight is 302 g/mol. The summed E-state index contributed by atoms with van der Waals surface area (Å²) in [5.74, 6) is 0. The second-order valence-corrected chi connectivity index (χ2v) is 6.00. The van der Waals surface area contributed by atoms with E-state index < -0.39 is 0 Å². The van der Waals surface area contributed by atoms with Crippen LogP contribution in [0.1, 0.15) is 58.4 Å². The van der Waals surface area contributed by atoms with Gasteiger partial charge < -0.3 is 0 Å². The van der Waals surface area contributed by atoms with Gasteiger partial charge in [-0.3, -0.25) is 0 Å². The van der Waals surface area contributed by atoms with E-state index >= 15 is 0 Å². The van der Waals surface area contributed by atoms with Gasteiger partial charge in [-0.1, -0.05) is 38.1 Å². The maximum absolute atomic E-state index is 9.29. The van der Waals surface area contributed by atoms with Crippen LogP contribution in [-0.4, -0.2) is 0 Å². The molecule has 0 spiro atoms. The van der Waals surface area contributed by atoms with Crippen LogP contribution in [0.3, 0.4) is 0 Å². The van der Waals surface area contributed by atoms with Crippen molar-refractivity contribution in [2.45, 2.75) is 47.0 Å². The molecule has 23 heavy (non-hydrogen) atoms. The number of rotatable bonds is 4. The second-order valence-electron chi connectivity index (χ2n) is 6.00. The Hall–Kier alpha value is -2.58. The summed E-state index contributed by atoms with van der Waals surface area (Å²) in [5, 5.41) is 18.6. The fourth-order valence-electron chi connectivity index (χ4n) is 3.20. The maximum Gasteiger partial charge on any atom is 0.0997 e. The third-order valence-electron chi connectivity index (χ3n) is 4.35. The van der Waals surface area contributed by atoms with E-state index in [4.69, 9.17) is 0 Å². The van der Waals surface area contributed by atoms with Crippen molar-refractivity contribution in [1.29, 1.82) is 10.5 Å². The van der Waals surface area contributed by atoms with Crippen LogP contribution in [0.2, 0.25) is 0 Å². The number of benzene rings is 2. The summed E-state index contributed by atoms with van der Waals surface area (Å²) >= 11 is 0. The zero-order valence-electron chi connectivity index (χ0n) is 14.3. The Morgan fingerprint density at radius 3 is 1.43 bits per heavy atom. The molecule has 0 heterocycles. The first kappa shape index (κ1) is 16.8. The van der Waals surface area contributed by atoms with E-state index in [1.54, 1.807) is 0 Å². The lowest BCUT2D eigenvalue weighted by molar-refractivity contribution is 1.06. The summed E-state index contributed by atoms with van der Waals surface area (Å²) in [6.45, 7) is 8.17. The van der Waals surface area contributed by atoms with Crippen molar-refractivity contribution < 1.29 is 0 Å². The van der Waals surface area contributed by atoms with Gasteiger partial charge in [0.25, 0.3) is 0 Å². The molecule has 2 rings (SSSR count). The van der Waals surface area contributed by atoms with Gasteiger partial charge in [-0.2, -0.15) is 10.5 Å². The Morgan fingerprint density at radius 2 is 1.13 bits per heavy atom. The number of nitriles is 2. The van der Waals surface area contributed by atoms with Crippen LogP contribution in [0.5, 0.6) is 0 Å². The smallest absolute Gasteiger partial charge is 0.0997 e. The topological polar surface area (TPSA) is 47.6 Å². The molecular formula is C21H22N2. The number of hydrogen-bond donors (Lipinski definition) is 0. The van der Waals surface area contributed by atoms with E-state index in [0.29, 0.717) is 0 Å². The molecule has 0 aliphatic carbocycles. The molecule has 0 atom stereocenters. The first-order valence-corrected chi connectivity index (χ1v) is 8.09. The van der Waals surface area contributed by atoms with Crippen molar-refractivity contribution in [2.24, 2.45) is 0 Å². The summed E-state index contributed by atoms with van der Waals surface area (Å²) in [6.07, 6.45) is 2.56. The van der Waals surface area contributed by atoms with Crippen LogP contribution < -0.4 is 0 Å². The lowest BCUT2D eigenvalue weighted by atomic mass is 9.91. The monoisotopic (exact) mass is 302 g/mol. The first-order valence-electron chi connectivity index (χ1n) is 8.09. The minimum atomic E-state index is 0.807. The van der Waals surface area contributed by atoms with Gasteiger partial charge >= 0.3 is 0 Å². The van der Waals surface area contributed by atoms with Crippen molar-refractivity contribution in [1.82, 2.24) is 0 Å². The zero-order valence-corrected chi connectivity index (χ0v) is 14.3. The van der Waals surface area contributed by atoms with Gasteiger partial charge in [-0.05, 0) is 66.5 Å². The van der Waals surface area contributed by atoms with Gasteiger partial charge in [0.1, 0.15) is 0 Å². The lowest BCUT2D eigenvalue weighted by Crippen LogP contribution is -1.99. The van der Waals surface area contributed by atoms with Crippen LogP contribution in [-0.2, 0) is 19.3 Å². The Balaban J connectivity index is 2.45. The molecule has 0 aliphatic rings. The van der Waals surface area contributed by atoms with Crippen molar-refractivity contribution in [3.63, 3.8) is 0 Å². The Labute approximate surface area is 139 Å². The minimum absolute atomic E-state index is 0.807. The zero-order chi connectivity index (χ0) is 17.0. The van der Waals surface area contributed by atoms with Gasteiger partial charge in [0.2, 0.25) is 0 Å². The highest BCUT2D eigenvalue weighted by Gasteiger charge is 2.10. The highest BCUT2D eigenvalue weighted by Crippen LogP contribution is 2.23. The molecule has 0 radical (unpaired) electrons. The van der Waals surface area contributed by atoms with Crippen LogP contribution in [0.25, 0.3) is 0 Å². The van der Waals surface area contributed by atoms with Gasteiger partial charge in [0, 0.05) is 0 Å². The van der Waals surface area contributed by atoms with Crippen LogP contribution in [0, 0.1) is 36.5 Å². The average Bonchev–Trinajstić information content (AvgIpc) is 2.53. The van der Waals surface area contributed by atoms with Crippen molar-refractivity contribution in [3.8, 4) is 12.1 Å². The quantitative estimate of drug-likeness (QED) is 0.817. The minimum Gasteiger partial charge on any atom is -0.192 e. The third-order valence-corrected chi connectivity index (χ3v) is 4.35. The van der Waals surface area contributed by atoms with E-state index in [1.165, 1.54) is 11.1 Å². The van der Waals surface area contributed by atoms with E-state index in [0.717, 1.165) is 52.6 Å². The first-order chi connectivity index (χ1) is 11.0. The molecule has 2 heteroatoms. The Bertz CT molecular complexity index is 748. The molecule has 2 nitrogen and oxygen atoms in total. The summed E-state index contributed by atoms with van der Waals surface area (Å²) < 4.78 is 0. The highest BCUT2D eigenvalue weighted by molar-refractivity contribution is 5.50. The summed E-state index contributed by atoms with van der Waals surface area (Å²) in [6, 6.07) is 13.1. The number of hydrogen-bond acceptors (Lipinski definition) is 2. The summed E-state index contributed by atoms with van der Waals surface area (Å²) in [4.78, 5) is 0. The fourth-order valence-corrected chi connectivity index (χ4v) is 3.20. The highest BCUT2D eigenvalue weighted by atomic mass is 14.3. The summed E-state index contributed by atoms with van der Waals surface area (Å²) in [5.41, 5.74) is 8.38. The molecule has 0 aliphatic heterocycles. The number of nitrogens with zero attached hydrogens (tertiary/aromatic N) is 2. The second kappa shape index (κ2) is 7.12. The molecule has 2 aromatic rings.